The summed E-state index contributed by atoms with van der Waals surface area (Å²) in [5.74, 6) is 0. The predicted molar refractivity (Wildman–Crippen MR) is 326 cm³/mol. The van der Waals surface area contributed by atoms with Gasteiger partial charge in [-0.05, 0) is 201 Å². The molecule has 2 aliphatic carbocycles. The minimum absolute atomic E-state index is 0.0202. The minimum atomic E-state index is -2.44. The highest BCUT2D eigenvalue weighted by molar-refractivity contribution is 7.00. The van der Waals surface area contributed by atoms with Crippen LogP contribution in [0.2, 0.25) is 0 Å². The number of aryl methyl sites for hydroxylation is 3. The second-order valence-corrected chi connectivity index (χ2v) is 26.6. The molecule has 9 aromatic rings. The molecule has 5 heteroatoms. The number of furan rings is 1. The van der Waals surface area contributed by atoms with E-state index in [2.05, 4.69) is 238 Å². The van der Waals surface area contributed by atoms with Gasteiger partial charge in [0, 0.05) is 60.4 Å². The zero-order valence-corrected chi connectivity index (χ0v) is 47.0. The van der Waals surface area contributed by atoms with E-state index < -0.39 is 6.85 Å². The molecule has 382 valence electrons. The molecule has 76 heavy (non-hydrogen) atoms. The average Bonchev–Trinajstić information content (AvgIpc) is 3.60. The van der Waals surface area contributed by atoms with Crippen molar-refractivity contribution in [3.8, 4) is 0 Å². The Labute approximate surface area is 457 Å². The van der Waals surface area contributed by atoms with Crippen molar-refractivity contribution in [1.29, 1.82) is 0 Å². The lowest BCUT2D eigenvalue weighted by molar-refractivity contribution is 0.332. The molecule has 1 aromatic heterocycles. The van der Waals surface area contributed by atoms with Crippen molar-refractivity contribution in [3.63, 3.8) is 0 Å². The summed E-state index contributed by atoms with van der Waals surface area (Å²) in [5, 5.41) is 2.06. The number of rotatable bonds is 5. The van der Waals surface area contributed by atoms with E-state index in [1.54, 1.807) is 0 Å². The summed E-state index contributed by atoms with van der Waals surface area (Å²) in [6.45, 7) is 27.6. The van der Waals surface area contributed by atoms with Gasteiger partial charge in [-0.3, -0.25) is 0 Å². The highest BCUT2D eigenvalue weighted by atomic mass is 16.3. The maximum absolute atomic E-state index is 9.37. The van der Waals surface area contributed by atoms with Crippen LogP contribution in [0.25, 0.3) is 21.9 Å². The first-order valence-electron chi connectivity index (χ1n) is 29.4. The molecule has 0 atom stereocenters. The fraction of sp³-hybridized carbons (Fsp3) is 0.324. The van der Waals surface area contributed by atoms with E-state index in [9.17, 15) is 4.11 Å². The molecular formula is C71H74BN3O. The van der Waals surface area contributed by atoms with E-state index in [0.717, 1.165) is 121 Å². The first kappa shape index (κ1) is 45.2. The molecule has 13 rings (SSSR count). The third kappa shape index (κ3) is 7.30. The number of hydrogen-bond acceptors (Lipinski definition) is 4. The van der Waals surface area contributed by atoms with Crippen molar-refractivity contribution in [3.05, 3.63) is 190 Å². The fourth-order valence-corrected chi connectivity index (χ4v) is 13.9. The third-order valence-corrected chi connectivity index (χ3v) is 18.7. The number of fused-ring (bicyclic) bond motifs is 9. The van der Waals surface area contributed by atoms with Crippen LogP contribution in [0.5, 0.6) is 0 Å². The summed E-state index contributed by atoms with van der Waals surface area (Å²) in [5.41, 5.74) is 23.0. The fourth-order valence-electron chi connectivity index (χ4n) is 13.9. The van der Waals surface area contributed by atoms with E-state index in [-0.39, 0.29) is 33.8 Å². The topological polar surface area (TPSA) is 22.9 Å². The second-order valence-electron chi connectivity index (χ2n) is 26.6. The molecule has 0 amide bonds. The molecule has 0 radical (unpaired) electrons. The predicted octanol–water partition coefficient (Wildman–Crippen LogP) is 18.1. The molecule has 3 heterocycles. The Kier molecular flexibility index (Phi) is 9.83. The molecule has 0 saturated heterocycles. The normalized spacial score (nSPS) is 18.2. The van der Waals surface area contributed by atoms with Crippen molar-refractivity contribution >= 4 is 96.2 Å². The molecule has 0 spiro atoms. The van der Waals surface area contributed by atoms with Gasteiger partial charge in [0.05, 0.1) is 5.69 Å². The maximum atomic E-state index is 9.37. The first-order chi connectivity index (χ1) is 37.2. The summed E-state index contributed by atoms with van der Waals surface area (Å²) in [4.78, 5) is 7.22. The lowest BCUT2D eigenvalue weighted by Gasteiger charge is -2.48. The standard InChI is InChI=1S/C71H74BN3O/c1-43-36-62-65-63(37-43)75(59-25-19-22-50-49-29-26-46(67(4,5)6)38-64(49)76-66(50)59)60-40-48(73(57-23-17-15-20-44(57)2)58-24-18-16-21-45(58)3)28-31-55(60)72(65)56-41-53-54(71(13,14)35-34-70(53,11)12)42-61(56)74(62)47-27-30-51-52(39-47)69(9,10)33-32-68(51,7)8/h15-31,36-42H,32-35H2,1-14H3/i1D3. The number of nitrogens with zero attached hydrogens (tertiary/aromatic N) is 3. The largest absolute Gasteiger partial charge is 0.454 e. The van der Waals surface area contributed by atoms with Crippen molar-refractivity contribution in [2.24, 2.45) is 0 Å². The van der Waals surface area contributed by atoms with E-state index in [1.165, 1.54) is 33.3 Å². The SMILES string of the molecule is [2H]C([2H])([2H])c1cc2c3c(c1)N(c1cccc4c1oc1cc(C(C)(C)C)ccc14)c1cc(N(c4ccccc4C)c4ccccc4C)ccc1B3c1cc3c(cc1N2c1ccc2c(c1)C(C)(C)CCC2(C)C)C(C)(C)CCC3(C)C. The minimum Gasteiger partial charge on any atom is -0.454 e. The number of para-hydroxylation sites is 3. The molecule has 0 N–H and O–H groups in total. The van der Waals surface area contributed by atoms with Crippen molar-refractivity contribution in [2.45, 2.75) is 150 Å². The molecule has 4 aliphatic rings. The van der Waals surface area contributed by atoms with E-state index in [4.69, 9.17) is 4.42 Å². The van der Waals surface area contributed by atoms with Crippen LogP contribution in [-0.2, 0) is 27.1 Å². The van der Waals surface area contributed by atoms with Crippen LogP contribution in [0.4, 0.5) is 51.2 Å². The lowest BCUT2D eigenvalue weighted by atomic mass is 9.33. The summed E-state index contributed by atoms with van der Waals surface area (Å²) in [6, 6.07) is 53.7. The van der Waals surface area contributed by atoms with Crippen molar-refractivity contribution in [2.75, 3.05) is 14.7 Å². The summed E-state index contributed by atoms with van der Waals surface area (Å²) in [7, 11) is 0. The van der Waals surface area contributed by atoms with Crippen LogP contribution in [0, 0.1) is 20.7 Å². The number of hydrogen-bond donors (Lipinski definition) is 0. The Hall–Kier alpha value is -6.98. The van der Waals surface area contributed by atoms with E-state index >= 15 is 0 Å². The van der Waals surface area contributed by atoms with Gasteiger partial charge in [0.1, 0.15) is 5.58 Å². The molecule has 0 bridgehead atoms. The van der Waals surface area contributed by atoms with Crippen LogP contribution in [0.3, 0.4) is 0 Å². The number of benzene rings is 8. The van der Waals surface area contributed by atoms with Gasteiger partial charge in [-0.2, -0.15) is 0 Å². The summed E-state index contributed by atoms with van der Waals surface area (Å²) < 4.78 is 35.3. The smallest absolute Gasteiger partial charge is 0.252 e. The zero-order valence-electron chi connectivity index (χ0n) is 50.0. The van der Waals surface area contributed by atoms with Gasteiger partial charge in [0.15, 0.2) is 5.58 Å². The quantitative estimate of drug-likeness (QED) is 0.160. The molecule has 0 fully saturated rings. The van der Waals surface area contributed by atoms with Gasteiger partial charge in [-0.1, -0.05) is 155 Å². The van der Waals surface area contributed by atoms with Gasteiger partial charge in [0.25, 0.3) is 6.71 Å². The summed E-state index contributed by atoms with van der Waals surface area (Å²) >= 11 is 0. The van der Waals surface area contributed by atoms with Crippen LogP contribution in [0.1, 0.15) is 150 Å². The second kappa shape index (κ2) is 16.5. The lowest BCUT2D eigenvalue weighted by Crippen LogP contribution is -2.62. The Bertz CT molecular complexity index is 3970. The molecule has 2 aliphatic heterocycles. The number of anilines is 9. The average molecular weight is 999 g/mol. The van der Waals surface area contributed by atoms with Gasteiger partial charge in [-0.25, -0.2) is 0 Å². The van der Waals surface area contributed by atoms with Gasteiger partial charge < -0.3 is 19.1 Å². The van der Waals surface area contributed by atoms with Crippen LogP contribution < -0.4 is 31.1 Å². The highest BCUT2D eigenvalue weighted by Crippen LogP contribution is 2.54. The first-order valence-corrected chi connectivity index (χ1v) is 27.9. The molecule has 0 unspecified atom stereocenters. The van der Waals surface area contributed by atoms with Crippen molar-refractivity contribution < 1.29 is 8.53 Å². The Morgan fingerprint density at radius 2 is 1.11 bits per heavy atom. The Morgan fingerprint density at radius 3 is 1.74 bits per heavy atom. The van der Waals surface area contributed by atoms with Gasteiger partial charge >= 0.3 is 0 Å². The van der Waals surface area contributed by atoms with E-state index in [0.29, 0.717) is 5.56 Å². The molecule has 8 aromatic carbocycles. The van der Waals surface area contributed by atoms with Gasteiger partial charge in [0.2, 0.25) is 0 Å². The van der Waals surface area contributed by atoms with E-state index in [1.807, 2.05) is 12.1 Å². The van der Waals surface area contributed by atoms with Crippen molar-refractivity contribution in [1.82, 2.24) is 0 Å². The summed E-state index contributed by atoms with van der Waals surface area (Å²) in [6.07, 6.45) is 4.36. The molecule has 0 saturated carbocycles. The zero-order chi connectivity index (χ0) is 55.7. The third-order valence-electron chi connectivity index (χ3n) is 18.7. The Morgan fingerprint density at radius 1 is 0.513 bits per heavy atom. The monoisotopic (exact) mass is 999 g/mol. The molecular weight excluding hydrogens is 922 g/mol. The van der Waals surface area contributed by atoms with Crippen LogP contribution in [-0.4, -0.2) is 6.71 Å². The Balaban J connectivity index is 1.17. The van der Waals surface area contributed by atoms with Crippen LogP contribution >= 0.6 is 0 Å². The maximum Gasteiger partial charge on any atom is 0.252 e. The van der Waals surface area contributed by atoms with Crippen LogP contribution in [0.15, 0.2) is 150 Å². The highest BCUT2D eigenvalue weighted by Gasteiger charge is 2.48. The van der Waals surface area contributed by atoms with Gasteiger partial charge in [-0.15, -0.1) is 0 Å². The molecule has 4 nitrogen and oxygen atoms in total.